The van der Waals surface area contributed by atoms with Crippen LogP contribution in [0.4, 0.5) is 0 Å². The minimum absolute atomic E-state index is 0. The minimum Gasteiger partial charge on any atom is -0.454 e. The van der Waals surface area contributed by atoms with Crippen LogP contribution in [-0.2, 0) is 23.2 Å². The molecule has 0 radical (unpaired) electrons. The predicted molar refractivity (Wildman–Crippen MR) is 112 cm³/mol. The van der Waals surface area contributed by atoms with Crippen LogP contribution in [0.1, 0.15) is 31.0 Å². The second kappa shape index (κ2) is 7.05. The first-order valence-corrected chi connectivity index (χ1v) is 9.90. The van der Waals surface area contributed by atoms with Crippen molar-refractivity contribution in [3.05, 3.63) is 83.4 Å². The summed E-state index contributed by atoms with van der Waals surface area (Å²) in [6, 6.07) is 21.8. The van der Waals surface area contributed by atoms with E-state index in [0.29, 0.717) is 6.42 Å². The number of aliphatic hydroxyl groups excluding tert-OH is 1. The van der Waals surface area contributed by atoms with Gasteiger partial charge in [-0.2, -0.15) is 0 Å². The van der Waals surface area contributed by atoms with Gasteiger partial charge in [-0.1, -0.05) is 48.5 Å². The summed E-state index contributed by atoms with van der Waals surface area (Å²) in [7, 11) is 0. The number of ketones is 1. The van der Waals surface area contributed by atoms with Crippen LogP contribution in [0.5, 0.6) is 11.5 Å². The first-order valence-electron chi connectivity index (χ1n) is 9.90. The van der Waals surface area contributed by atoms with Crippen molar-refractivity contribution in [1.29, 1.82) is 0 Å². The van der Waals surface area contributed by atoms with Crippen LogP contribution in [0.3, 0.4) is 0 Å². The Hall–Kier alpha value is -3.11. The van der Waals surface area contributed by atoms with Gasteiger partial charge >= 0.3 is 0 Å². The highest BCUT2D eigenvalue weighted by Gasteiger charge is 2.50. The van der Waals surface area contributed by atoms with Crippen molar-refractivity contribution in [3.63, 3.8) is 0 Å². The maximum Gasteiger partial charge on any atom is 0.231 e. The first-order chi connectivity index (χ1) is 14.2. The van der Waals surface area contributed by atoms with E-state index in [9.17, 15) is 9.90 Å². The summed E-state index contributed by atoms with van der Waals surface area (Å²) < 4.78 is 10.9. The average Bonchev–Trinajstić information content (AvgIpc) is 3.45. The highest BCUT2D eigenvalue weighted by molar-refractivity contribution is 5.94. The lowest BCUT2D eigenvalue weighted by atomic mass is 9.87. The summed E-state index contributed by atoms with van der Waals surface area (Å²) in [6.07, 6.45) is 2.19. The Balaban J connectivity index is 0.00000218. The molecule has 1 aliphatic carbocycles. The number of hydrogen-bond donors (Lipinski definition) is 1. The molecule has 0 bridgehead atoms. The standard InChI is InChI=1S/C25H22O4.H2/c26-15-18-2-1-3-20(12-18)19-6-4-17(5-7-19)13-24(27)25(10-11-25)21-8-9-22-23(14-21)29-16-28-22;/h1-9,12,14,26H,10-11,13,15-16H2;1H. The fourth-order valence-corrected chi connectivity index (χ4v) is 4.07. The smallest absolute Gasteiger partial charge is 0.231 e. The molecular weight excluding hydrogens is 364 g/mol. The molecule has 1 saturated carbocycles. The molecule has 0 aromatic heterocycles. The van der Waals surface area contributed by atoms with Gasteiger partial charge in [-0.15, -0.1) is 0 Å². The fourth-order valence-electron chi connectivity index (χ4n) is 4.07. The zero-order chi connectivity index (χ0) is 19.8. The van der Waals surface area contributed by atoms with E-state index in [0.717, 1.165) is 52.2 Å². The van der Waals surface area contributed by atoms with Gasteiger partial charge < -0.3 is 14.6 Å². The van der Waals surface area contributed by atoms with E-state index in [1.54, 1.807) is 0 Å². The molecule has 0 spiro atoms. The molecule has 2 aliphatic rings. The van der Waals surface area contributed by atoms with Gasteiger partial charge in [-0.25, -0.2) is 0 Å². The van der Waals surface area contributed by atoms with Crippen molar-refractivity contribution in [2.24, 2.45) is 0 Å². The van der Waals surface area contributed by atoms with Crippen LogP contribution in [0.2, 0.25) is 0 Å². The number of aliphatic hydroxyl groups is 1. The SMILES string of the molecule is O=C(Cc1ccc(-c2cccc(CO)c2)cc1)C1(c2ccc3c(c2)OCO3)CC1.[HH]. The first kappa shape index (κ1) is 18.0. The Morgan fingerprint density at radius 2 is 1.69 bits per heavy atom. The van der Waals surface area contributed by atoms with E-state index >= 15 is 0 Å². The number of fused-ring (bicyclic) bond motifs is 1. The highest BCUT2D eigenvalue weighted by atomic mass is 16.7. The van der Waals surface area contributed by atoms with Gasteiger partial charge in [0.05, 0.1) is 12.0 Å². The summed E-state index contributed by atoms with van der Waals surface area (Å²) >= 11 is 0. The number of benzene rings is 3. The zero-order valence-electron chi connectivity index (χ0n) is 16.1. The minimum atomic E-state index is -0.380. The van der Waals surface area contributed by atoms with Crippen molar-refractivity contribution in [1.82, 2.24) is 0 Å². The van der Waals surface area contributed by atoms with Gasteiger partial charge in [0, 0.05) is 7.85 Å². The quantitative estimate of drug-likeness (QED) is 0.667. The zero-order valence-corrected chi connectivity index (χ0v) is 16.1. The third-order valence-corrected chi connectivity index (χ3v) is 5.97. The Bertz CT molecular complexity index is 1070. The van der Waals surface area contributed by atoms with Gasteiger partial charge in [0.25, 0.3) is 0 Å². The van der Waals surface area contributed by atoms with Crippen LogP contribution in [0.15, 0.2) is 66.7 Å². The lowest BCUT2D eigenvalue weighted by Gasteiger charge is -2.15. The summed E-state index contributed by atoms with van der Waals surface area (Å²) in [6.45, 7) is 0.273. The number of rotatable bonds is 6. The van der Waals surface area contributed by atoms with Crippen molar-refractivity contribution in [3.8, 4) is 22.6 Å². The molecule has 1 fully saturated rings. The van der Waals surface area contributed by atoms with Gasteiger partial charge in [-0.05, 0) is 58.9 Å². The molecule has 0 atom stereocenters. The van der Waals surface area contributed by atoms with Crippen molar-refractivity contribution in [2.75, 3.05) is 6.79 Å². The highest BCUT2D eigenvalue weighted by Crippen LogP contribution is 2.51. The second-order valence-electron chi connectivity index (χ2n) is 7.81. The number of ether oxygens (including phenoxy) is 2. The molecule has 3 aromatic rings. The monoisotopic (exact) mass is 388 g/mol. The molecule has 1 aliphatic heterocycles. The Kier molecular flexibility index (Phi) is 4.36. The van der Waals surface area contributed by atoms with E-state index in [2.05, 4.69) is 0 Å². The topological polar surface area (TPSA) is 55.8 Å². The van der Waals surface area contributed by atoms with Crippen molar-refractivity contribution < 1.29 is 20.8 Å². The van der Waals surface area contributed by atoms with Gasteiger partial charge in [0.15, 0.2) is 11.5 Å². The van der Waals surface area contributed by atoms with Crippen LogP contribution in [-0.4, -0.2) is 17.7 Å². The number of hydrogen-bond acceptors (Lipinski definition) is 4. The molecule has 1 N–H and O–H groups in total. The number of carbonyl (C=O) groups excluding carboxylic acids is 1. The fraction of sp³-hybridized carbons (Fsp3) is 0.240. The molecule has 148 valence electrons. The number of Topliss-reactive ketones (excluding diaryl/α,β-unsaturated/α-hetero) is 1. The van der Waals surface area contributed by atoms with Crippen LogP contribution in [0, 0.1) is 0 Å². The molecule has 0 unspecified atom stereocenters. The van der Waals surface area contributed by atoms with E-state index in [1.807, 2.05) is 66.7 Å². The molecule has 3 aromatic carbocycles. The predicted octanol–water partition coefficient (Wildman–Crippen LogP) is 4.66. The third-order valence-electron chi connectivity index (χ3n) is 5.97. The summed E-state index contributed by atoms with van der Waals surface area (Å²) in [4.78, 5) is 13.1. The Morgan fingerprint density at radius 3 is 2.45 bits per heavy atom. The van der Waals surface area contributed by atoms with Gasteiger partial charge in [0.2, 0.25) is 6.79 Å². The van der Waals surface area contributed by atoms with E-state index < -0.39 is 0 Å². The average molecular weight is 388 g/mol. The lowest BCUT2D eigenvalue weighted by Crippen LogP contribution is -2.22. The third kappa shape index (κ3) is 3.30. The molecular formula is C25H24O4. The van der Waals surface area contributed by atoms with Gasteiger partial charge in [-0.3, -0.25) is 4.79 Å². The molecule has 4 heteroatoms. The largest absolute Gasteiger partial charge is 0.454 e. The van der Waals surface area contributed by atoms with E-state index in [1.165, 1.54) is 0 Å². The van der Waals surface area contributed by atoms with Crippen LogP contribution >= 0.6 is 0 Å². The maximum atomic E-state index is 13.1. The van der Waals surface area contributed by atoms with Crippen molar-refractivity contribution in [2.45, 2.75) is 31.3 Å². The normalized spacial score (nSPS) is 15.9. The van der Waals surface area contributed by atoms with Gasteiger partial charge in [0.1, 0.15) is 5.78 Å². The Labute approximate surface area is 171 Å². The second-order valence-corrected chi connectivity index (χ2v) is 7.81. The lowest BCUT2D eigenvalue weighted by molar-refractivity contribution is -0.120. The van der Waals surface area contributed by atoms with E-state index in [4.69, 9.17) is 9.47 Å². The van der Waals surface area contributed by atoms with Crippen molar-refractivity contribution >= 4 is 5.78 Å². The Morgan fingerprint density at radius 1 is 0.897 bits per heavy atom. The molecule has 0 saturated heterocycles. The molecule has 1 heterocycles. The molecule has 0 amide bonds. The summed E-state index contributed by atoms with van der Waals surface area (Å²) in [5, 5.41) is 9.33. The molecule has 29 heavy (non-hydrogen) atoms. The molecule has 4 nitrogen and oxygen atoms in total. The van der Waals surface area contributed by atoms with E-state index in [-0.39, 0.29) is 26.0 Å². The van der Waals surface area contributed by atoms with Crippen LogP contribution in [0.25, 0.3) is 11.1 Å². The molecule has 5 rings (SSSR count). The van der Waals surface area contributed by atoms with Crippen LogP contribution < -0.4 is 9.47 Å². The number of carbonyl (C=O) groups is 1. The maximum absolute atomic E-state index is 13.1. The summed E-state index contributed by atoms with van der Waals surface area (Å²) in [5.74, 6) is 1.74. The summed E-state index contributed by atoms with van der Waals surface area (Å²) in [5.41, 5.74) is 4.70.